The van der Waals surface area contributed by atoms with Gasteiger partial charge in [-0.2, -0.15) is 5.10 Å². The van der Waals surface area contributed by atoms with Gasteiger partial charge in [0.25, 0.3) is 0 Å². The largest absolute Gasteiger partial charge is 0.493 e. The molecule has 1 aromatic heterocycles. The predicted molar refractivity (Wildman–Crippen MR) is 92.4 cm³/mol. The molecule has 0 radical (unpaired) electrons. The third-order valence-electron chi connectivity index (χ3n) is 3.23. The third kappa shape index (κ3) is 4.02. The highest BCUT2D eigenvalue weighted by Gasteiger charge is 2.15. The van der Waals surface area contributed by atoms with Gasteiger partial charge in [0.2, 0.25) is 0 Å². The van der Waals surface area contributed by atoms with Crippen molar-refractivity contribution in [1.82, 2.24) is 14.9 Å². The highest BCUT2D eigenvalue weighted by Crippen LogP contribution is 2.29. The number of hydrogen-bond acceptors (Lipinski definition) is 6. The van der Waals surface area contributed by atoms with Gasteiger partial charge in [-0.25, -0.2) is 9.47 Å². The van der Waals surface area contributed by atoms with Crippen LogP contribution >= 0.6 is 11.6 Å². The van der Waals surface area contributed by atoms with E-state index in [1.807, 2.05) is 0 Å². The zero-order valence-corrected chi connectivity index (χ0v) is 13.9. The Morgan fingerprint density at radius 1 is 1.16 bits per heavy atom. The second kappa shape index (κ2) is 7.59. The number of ether oxygens (including phenoxy) is 2. The molecule has 1 heterocycles. The molecule has 0 aliphatic heterocycles. The van der Waals surface area contributed by atoms with Crippen molar-refractivity contribution in [2.24, 2.45) is 5.10 Å². The van der Waals surface area contributed by atoms with Crippen LogP contribution in [0, 0.1) is 0 Å². The molecule has 0 N–H and O–H groups in total. The highest BCUT2D eigenvalue weighted by atomic mass is 35.5. The summed E-state index contributed by atoms with van der Waals surface area (Å²) >= 11 is 6.01. The Balaban J connectivity index is 1.80. The molecule has 126 valence electrons. The molecule has 3 rings (SSSR count). The lowest BCUT2D eigenvalue weighted by molar-refractivity contribution is 0.0730. The highest BCUT2D eigenvalue weighted by molar-refractivity contribution is 6.33. The molecule has 8 heteroatoms. The topological polar surface area (TPSA) is 78.6 Å². The molecule has 0 unspecified atom stereocenters. The molecular formula is C17H13ClN4O3. The molecule has 25 heavy (non-hydrogen) atoms. The van der Waals surface area contributed by atoms with E-state index in [-0.39, 0.29) is 11.3 Å². The zero-order valence-electron chi connectivity index (χ0n) is 13.2. The van der Waals surface area contributed by atoms with Gasteiger partial charge in [-0.05, 0) is 35.9 Å². The molecule has 0 saturated heterocycles. The Labute approximate surface area is 148 Å². The van der Waals surface area contributed by atoms with Crippen LogP contribution in [0.1, 0.15) is 15.9 Å². The van der Waals surface area contributed by atoms with Crippen LogP contribution in [0.25, 0.3) is 0 Å². The summed E-state index contributed by atoms with van der Waals surface area (Å²) in [4.78, 5) is 12.3. The number of carbonyl (C=O) groups excluding carboxylic acids is 1. The summed E-state index contributed by atoms with van der Waals surface area (Å²) in [5.41, 5.74) is 1.03. The molecule has 0 aliphatic rings. The monoisotopic (exact) mass is 356 g/mol. The van der Waals surface area contributed by atoms with Crippen LogP contribution in [0.4, 0.5) is 0 Å². The lowest BCUT2D eigenvalue weighted by Gasteiger charge is -2.10. The number of benzene rings is 2. The first-order valence-corrected chi connectivity index (χ1v) is 7.59. The fraction of sp³-hybridized carbons (Fsp3) is 0.0588. The fourth-order valence-electron chi connectivity index (χ4n) is 2.02. The summed E-state index contributed by atoms with van der Waals surface area (Å²) in [6.07, 6.45) is 4.53. The van der Waals surface area contributed by atoms with E-state index in [1.165, 1.54) is 24.4 Å². The number of methoxy groups -OCH3 is 1. The summed E-state index contributed by atoms with van der Waals surface area (Å²) in [6.45, 7) is 0. The maximum atomic E-state index is 12.3. The molecule has 0 bridgehead atoms. The Hall–Kier alpha value is -3.19. The number of hydrogen-bond donors (Lipinski definition) is 0. The molecule has 0 aliphatic carbocycles. The van der Waals surface area contributed by atoms with Gasteiger partial charge >= 0.3 is 5.97 Å². The maximum absolute atomic E-state index is 12.3. The second-order valence-corrected chi connectivity index (χ2v) is 5.27. The van der Waals surface area contributed by atoms with Crippen molar-refractivity contribution < 1.29 is 14.3 Å². The quantitative estimate of drug-likeness (QED) is 0.399. The number of aromatic nitrogens is 3. The predicted octanol–water partition coefficient (Wildman–Crippen LogP) is 3.04. The van der Waals surface area contributed by atoms with Gasteiger partial charge < -0.3 is 9.47 Å². The lowest BCUT2D eigenvalue weighted by atomic mass is 10.2. The van der Waals surface area contributed by atoms with Gasteiger partial charge in [0.1, 0.15) is 12.7 Å². The van der Waals surface area contributed by atoms with E-state index >= 15 is 0 Å². The first kappa shape index (κ1) is 16.7. The Kier molecular flexibility index (Phi) is 5.06. The standard InChI is InChI=1S/C17H13ClN4O3/c1-24-16-8-12(9-21-22-10-19-20-11-22)6-7-15(16)25-17(23)13-4-2-3-5-14(13)18/h2-11H,1H3/b21-9-. The summed E-state index contributed by atoms with van der Waals surface area (Å²) in [6, 6.07) is 11.7. The Bertz CT molecular complexity index is 910. The molecule has 0 spiro atoms. The molecule has 2 aromatic carbocycles. The molecule has 0 fully saturated rings. The van der Waals surface area contributed by atoms with Gasteiger partial charge in [-0.1, -0.05) is 23.7 Å². The Morgan fingerprint density at radius 2 is 1.92 bits per heavy atom. The average Bonchev–Trinajstić information content (AvgIpc) is 3.14. The molecule has 7 nitrogen and oxygen atoms in total. The van der Waals surface area contributed by atoms with Crippen LogP contribution in [-0.4, -0.2) is 34.2 Å². The van der Waals surface area contributed by atoms with Gasteiger partial charge in [-0.15, -0.1) is 10.2 Å². The summed E-state index contributed by atoms with van der Waals surface area (Å²) in [5.74, 6) is 0.122. The van der Waals surface area contributed by atoms with E-state index in [9.17, 15) is 4.79 Å². The molecule has 0 atom stereocenters. The summed E-state index contributed by atoms with van der Waals surface area (Å²) in [5, 5.41) is 11.8. The van der Waals surface area contributed by atoms with Crippen LogP contribution < -0.4 is 9.47 Å². The Morgan fingerprint density at radius 3 is 2.64 bits per heavy atom. The molecular weight excluding hydrogens is 344 g/mol. The van der Waals surface area contributed by atoms with Crippen LogP contribution in [0.15, 0.2) is 60.2 Å². The molecule has 3 aromatic rings. The average molecular weight is 357 g/mol. The van der Waals surface area contributed by atoms with E-state index in [1.54, 1.807) is 48.7 Å². The number of halogens is 1. The smallest absolute Gasteiger partial charge is 0.345 e. The van der Waals surface area contributed by atoms with Crippen LogP contribution in [-0.2, 0) is 0 Å². The normalized spacial score (nSPS) is 10.8. The summed E-state index contributed by atoms with van der Waals surface area (Å²) in [7, 11) is 1.49. The SMILES string of the molecule is COc1cc(/C=N\n2cnnc2)ccc1OC(=O)c1ccccc1Cl. The van der Waals surface area contributed by atoms with Crippen molar-refractivity contribution in [1.29, 1.82) is 0 Å². The van der Waals surface area contributed by atoms with E-state index in [0.717, 1.165) is 5.56 Å². The van der Waals surface area contributed by atoms with Crippen molar-refractivity contribution in [3.63, 3.8) is 0 Å². The maximum Gasteiger partial charge on any atom is 0.345 e. The lowest BCUT2D eigenvalue weighted by Crippen LogP contribution is -2.10. The van der Waals surface area contributed by atoms with Crippen molar-refractivity contribution in [3.8, 4) is 11.5 Å². The van der Waals surface area contributed by atoms with Crippen LogP contribution in [0.2, 0.25) is 5.02 Å². The second-order valence-electron chi connectivity index (χ2n) is 4.87. The minimum absolute atomic E-state index is 0.282. The zero-order chi connectivity index (χ0) is 17.6. The number of carbonyl (C=O) groups is 1. The van der Waals surface area contributed by atoms with E-state index < -0.39 is 5.97 Å². The molecule has 0 amide bonds. The van der Waals surface area contributed by atoms with Crippen LogP contribution in [0.5, 0.6) is 11.5 Å². The van der Waals surface area contributed by atoms with E-state index in [2.05, 4.69) is 15.3 Å². The van der Waals surface area contributed by atoms with E-state index in [0.29, 0.717) is 10.8 Å². The fourth-order valence-corrected chi connectivity index (χ4v) is 2.23. The number of esters is 1. The first-order chi connectivity index (χ1) is 12.2. The van der Waals surface area contributed by atoms with Gasteiger partial charge in [0, 0.05) is 0 Å². The first-order valence-electron chi connectivity index (χ1n) is 7.21. The third-order valence-corrected chi connectivity index (χ3v) is 3.56. The van der Waals surface area contributed by atoms with Gasteiger partial charge in [-0.3, -0.25) is 0 Å². The summed E-state index contributed by atoms with van der Waals surface area (Å²) < 4.78 is 12.1. The minimum Gasteiger partial charge on any atom is -0.493 e. The van der Waals surface area contributed by atoms with Crippen molar-refractivity contribution >= 4 is 23.8 Å². The van der Waals surface area contributed by atoms with Crippen molar-refractivity contribution in [2.45, 2.75) is 0 Å². The number of rotatable bonds is 5. The van der Waals surface area contributed by atoms with E-state index in [4.69, 9.17) is 21.1 Å². The van der Waals surface area contributed by atoms with Gasteiger partial charge in [0.15, 0.2) is 11.5 Å². The van der Waals surface area contributed by atoms with Crippen LogP contribution in [0.3, 0.4) is 0 Å². The minimum atomic E-state index is -0.560. The van der Waals surface area contributed by atoms with Crippen molar-refractivity contribution in [2.75, 3.05) is 7.11 Å². The molecule has 0 saturated carbocycles. The van der Waals surface area contributed by atoms with Crippen molar-refractivity contribution in [3.05, 3.63) is 71.3 Å². The van der Waals surface area contributed by atoms with Gasteiger partial charge in [0.05, 0.1) is 23.9 Å². The number of nitrogens with zero attached hydrogens (tertiary/aromatic N) is 4.